The van der Waals surface area contributed by atoms with Crippen molar-refractivity contribution >= 4 is 0 Å². The third-order valence-electron chi connectivity index (χ3n) is 2.39. The van der Waals surface area contributed by atoms with Gasteiger partial charge in [0.05, 0.1) is 6.61 Å². The SMILES string of the molecule is CCCCCCOc1nccc(CN)c1F. The van der Waals surface area contributed by atoms with Crippen molar-refractivity contribution < 1.29 is 9.13 Å². The molecule has 0 bridgehead atoms. The van der Waals surface area contributed by atoms with E-state index in [-0.39, 0.29) is 12.4 Å². The summed E-state index contributed by atoms with van der Waals surface area (Å²) in [5.74, 6) is -0.361. The fourth-order valence-electron chi connectivity index (χ4n) is 1.42. The summed E-state index contributed by atoms with van der Waals surface area (Å²) in [7, 11) is 0. The lowest BCUT2D eigenvalue weighted by molar-refractivity contribution is 0.277. The highest BCUT2D eigenvalue weighted by molar-refractivity contribution is 5.23. The maximum absolute atomic E-state index is 13.6. The number of unbranched alkanes of at least 4 members (excludes halogenated alkanes) is 3. The second-order valence-corrected chi connectivity index (χ2v) is 3.70. The van der Waals surface area contributed by atoms with Crippen molar-refractivity contribution in [2.75, 3.05) is 6.61 Å². The van der Waals surface area contributed by atoms with E-state index in [0.29, 0.717) is 12.2 Å². The normalized spacial score (nSPS) is 10.4. The number of hydrogen-bond donors (Lipinski definition) is 1. The van der Waals surface area contributed by atoms with Crippen molar-refractivity contribution in [1.29, 1.82) is 0 Å². The smallest absolute Gasteiger partial charge is 0.250 e. The average Bonchev–Trinajstić information content (AvgIpc) is 2.31. The van der Waals surface area contributed by atoms with Crippen LogP contribution in [0.4, 0.5) is 4.39 Å². The van der Waals surface area contributed by atoms with Gasteiger partial charge >= 0.3 is 0 Å². The summed E-state index contributed by atoms with van der Waals surface area (Å²) in [6, 6.07) is 1.57. The van der Waals surface area contributed by atoms with Crippen LogP contribution in [0, 0.1) is 5.82 Å². The van der Waals surface area contributed by atoms with Crippen LogP contribution in [-0.4, -0.2) is 11.6 Å². The van der Waals surface area contributed by atoms with Gasteiger partial charge in [-0.3, -0.25) is 0 Å². The number of hydrogen-bond acceptors (Lipinski definition) is 3. The first-order valence-corrected chi connectivity index (χ1v) is 5.75. The minimum atomic E-state index is -0.430. The minimum absolute atomic E-state index is 0.0689. The summed E-state index contributed by atoms with van der Waals surface area (Å²) in [5, 5.41) is 0. The largest absolute Gasteiger partial charge is 0.476 e. The van der Waals surface area contributed by atoms with Gasteiger partial charge in [-0.05, 0) is 12.5 Å². The number of nitrogens with two attached hydrogens (primary N) is 1. The number of ether oxygens (including phenoxy) is 1. The molecule has 0 saturated carbocycles. The lowest BCUT2D eigenvalue weighted by atomic mass is 10.2. The Morgan fingerprint density at radius 2 is 2.19 bits per heavy atom. The lowest BCUT2D eigenvalue weighted by Gasteiger charge is -2.07. The summed E-state index contributed by atoms with van der Waals surface area (Å²) in [4.78, 5) is 3.85. The molecule has 0 saturated heterocycles. The highest BCUT2D eigenvalue weighted by Gasteiger charge is 2.08. The maximum atomic E-state index is 13.6. The van der Waals surface area contributed by atoms with Gasteiger partial charge in [-0.25, -0.2) is 9.37 Å². The number of halogens is 1. The quantitative estimate of drug-likeness (QED) is 0.727. The molecule has 90 valence electrons. The molecule has 0 radical (unpaired) electrons. The molecule has 1 aromatic rings. The van der Waals surface area contributed by atoms with E-state index in [4.69, 9.17) is 10.5 Å². The Kier molecular flexibility index (Phi) is 5.78. The molecule has 0 aliphatic carbocycles. The van der Waals surface area contributed by atoms with E-state index in [1.54, 1.807) is 6.07 Å². The Labute approximate surface area is 95.8 Å². The first kappa shape index (κ1) is 12.9. The molecule has 0 aromatic carbocycles. The van der Waals surface area contributed by atoms with Gasteiger partial charge in [0, 0.05) is 18.3 Å². The van der Waals surface area contributed by atoms with Gasteiger partial charge in [0.25, 0.3) is 5.88 Å². The van der Waals surface area contributed by atoms with Gasteiger partial charge in [0.15, 0.2) is 5.82 Å². The van der Waals surface area contributed by atoms with E-state index >= 15 is 0 Å². The summed E-state index contributed by atoms with van der Waals surface area (Å²) in [6.07, 6.45) is 5.92. The molecule has 0 amide bonds. The molecule has 0 fully saturated rings. The molecule has 4 heteroatoms. The minimum Gasteiger partial charge on any atom is -0.476 e. The average molecular weight is 226 g/mol. The molecule has 16 heavy (non-hydrogen) atoms. The zero-order valence-electron chi connectivity index (χ0n) is 9.71. The topological polar surface area (TPSA) is 48.1 Å². The molecular weight excluding hydrogens is 207 g/mol. The summed E-state index contributed by atoms with van der Waals surface area (Å²) in [6.45, 7) is 2.82. The summed E-state index contributed by atoms with van der Waals surface area (Å²) in [5.41, 5.74) is 5.83. The maximum Gasteiger partial charge on any atom is 0.250 e. The molecular formula is C12H19FN2O. The van der Waals surface area contributed by atoms with Gasteiger partial charge in [0.1, 0.15) is 0 Å². The van der Waals surface area contributed by atoms with Crippen LogP contribution in [0.3, 0.4) is 0 Å². The van der Waals surface area contributed by atoms with Crippen LogP contribution in [-0.2, 0) is 6.54 Å². The Morgan fingerprint density at radius 1 is 1.38 bits per heavy atom. The molecule has 0 aliphatic heterocycles. The van der Waals surface area contributed by atoms with Crippen molar-refractivity contribution in [3.63, 3.8) is 0 Å². The Morgan fingerprint density at radius 3 is 2.88 bits per heavy atom. The zero-order chi connectivity index (χ0) is 11.8. The van der Waals surface area contributed by atoms with Crippen molar-refractivity contribution in [3.05, 3.63) is 23.6 Å². The monoisotopic (exact) mass is 226 g/mol. The van der Waals surface area contributed by atoms with Gasteiger partial charge in [-0.2, -0.15) is 0 Å². The second-order valence-electron chi connectivity index (χ2n) is 3.70. The Balaban J connectivity index is 2.41. The van der Waals surface area contributed by atoms with Crippen LogP contribution in [0.1, 0.15) is 38.2 Å². The standard InChI is InChI=1S/C12H19FN2O/c1-2-3-4-5-8-16-12-11(13)10(9-14)6-7-15-12/h6-7H,2-5,8-9,14H2,1H3. The van der Waals surface area contributed by atoms with Crippen LogP contribution >= 0.6 is 0 Å². The number of aromatic nitrogens is 1. The van der Waals surface area contributed by atoms with Crippen LogP contribution < -0.4 is 10.5 Å². The van der Waals surface area contributed by atoms with E-state index in [0.717, 1.165) is 12.8 Å². The highest BCUT2D eigenvalue weighted by Crippen LogP contribution is 2.17. The molecule has 0 spiro atoms. The summed E-state index contributed by atoms with van der Waals surface area (Å²) >= 11 is 0. The Hall–Kier alpha value is -1.16. The van der Waals surface area contributed by atoms with Gasteiger partial charge in [-0.1, -0.05) is 26.2 Å². The number of rotatable bonds is 7. The first-order chi connectivity index (χ1) is 7.79. The highest BCUT2D eigenvalue weighted by atomic mass is 19.1. The Bertz CT molecular complexity index is 318. The number of nitrogens with zero attached hydrogens (tertiary/aromatic N) is 1. The van der Waals surface area contributed by atoms with Crippen LogP contribution in [0.2, 0.25) is 0 Å². The van der Waals surface area contributed by atoms with Gasteiger partial charge in [-0.15, -0.1) is 0 Å². The molecule has 3 nitrogen and oxygen atoms in total. The zero-order valence-corrected chi connectivity index (χ0v) is 9.71. The van der Waals surface area contributed by atoms with Crippen molar-refractivity contribution in [2.45, 2.75) is 39.2 Å². The fourth-order valence-corrected chi connectivity index (χ4v) is 1.42. The third kappa shape index (κ3) is 3.77. The first-order valence-electron chi connectivity index (χ1n) is 5.75. The van der Waals surface area contributed by atoms with E-state index in [2.05, 4.69) is 11.9 Å². The van der Waals surface area contributed by atoms with Crippen LogP contribution in [0.15, 0.2) is 12.3 Å². The van der Waals surface area contributed by atoms with Crippen molar-refractivity contribution in [1.82, 2.24) is 4.98 Å². The lowest BCUT2D eigenvalue weighted by Crippen LogP contribution is -2.06. The molecule has 0 unspecified atom stereocenters. The molecule has 1 aromatic heterocycles. The van der Waals surface area contributed by atoms with Gasteiger partial charge in [0.2, 0.25) is 0 Å². The third-order valence-corrected chi connectivity index (χ3v) is 2.39. The van der Waals surface area contributed by atoms with E-state index < -0.39 is 5.82 Å². The summed E-state index contributed by atoms with van der Waals surface area (Å²) < 4.78 is 18.9. The molecule has 0 atom stereocenters. The molecule has 2 N–H and O–H groups in total. The van der Waals surface area contributed by atoms with Crippen molar-refractivity contribution in [2.24, 2.45) is 5.73 Å². The molecule has 1 rings (SSSR count). The second kappa shape index (κ2) is 7.17. The molecule has 0 aliphatic rings. The fraction of sp³-hybridized carbons (Fsp3) is 0.583. The predicted octanol–water partition coefficient (Wildman–Crippen LogP) is 2.64. The van der Waals surface area contributed by atoms with E-state index in [1.165, 1.54) is 19.0 Å². The van der Waals surface area contributed by atoms with E-state index in [1.807, 2.05) is 0 Å². The van der Waals surface area contributed by atoms with Crippen molar-refractivity contribution in [3.8, 4) is 5.88 Å². The molecule has 1 heterocycles. The van der Waals surface area contributed by atoms with Crippen LogP contribution in [0.5, 0.6) is 5.88 Å². The van der Waals surface area contributed by atoms with Gasteiger partial charge < -0.3 is 10.5 Å². The van der Waals surface area contributed by atoms with Crippen LogP contribution in [0.25, 0.3) is 0 Å². The van der Waals surface area contributed by atoms with E-state index in [9.17, 15) is 4.39 Å². The number of pyridine rings is 1. The predicted molar refractivity (Wildman–Crippen MR) is 61.7 cm³/mol.